The SMILES string of the molecule is C=C(C)CN(C)C(=O)c1ccc(Br)nc1. The molecule has 0 saturated carbocycles. The Morgan fingerprint density at radius 3 is 2.73 bits per heavy atom. The van der Waals surface area contributed by atoms with Crippen LogP contribution < -0.4 is 0 Å². The van der Waals surface area contributed by atoms with Gasteiger partial charge in [0.25, 0.3) is 5.91 Å². The third kappa shape index (κ3) is 3.47. The predicted octanol–water partition coefficient (Wildman–Crippen LogP) is 2.49. The fourth-order valence-electron chi connectivity index (χ4n) is 1.20. The molecule has 0 aliphatic heterocycles. The van der Waals surface area contributed by atoms with Crippen LogP contribution in [0.2, 0.25) is 0 Å². The molecule has 1 amide bonds. The van der Waals surface area contributed by atoms with Crippen LogP contribution in [-0.4, -0.2) is 29.4 Å². The molecule has 0 aromatic carbocycles. The minimum absolute atomic E-state index is 0.0435. The molecule has 1 rings (SSSR count). The summed E-state index contributed by atoms with van der Waals surface area (Å²) in [6.07, 6.45) is 1.56. The molecule has 1 heterocycles. The van der Waals surface area contributed by atoms with Gasteiger partial charge in [0.2, 0.25) is 0 Å². The van der Waals surface area contributed by atoms with Gasteiger partial charge in [0.05, 0.1) is 5.56 Å². The van der Waals surface area contributed by atoms with Gasteiger partial charge >= 0.3 is 0 Å². The van der Waals surface area contributed by atoms with E-state index in [0.29, 0.717) is 12.1 Å². The first-order chi connectivity index (χ1) is 7.00. The molecule has 0 aliphatic rings. The van der Waals surface area contributed by atoms with Crippen molar-refractivity contribution in [2.75, 3.05) is 13.6 Å². The van der Waals surface area contributed by atoms with Gasteiger partial charge in [-0.2, -0.15) is 0 Å². The van der Waals surface area contributed by atoms with E-state index in [0.717, 1.165) is 10.2 Å². The number of carbonyl (C=O) groups excluding carboxylic acids is 1. The normalized spacial score (nSPS) is 9.80. The van der Waals surface area contributed by atoms with Crippen molar-refractivity contribution in [1.29, 1.82) is 0 Å². The Morgan fingerprint density at radius 2 is 2.27 bits per heavy atom. The van der Waals surface area contributed by atoms with Crippen LogP contribution >= 0.6 is 15.9 Å². The van der Waals surface area contributed by atoms with Gasteiger partial charge in [0.15, 0.2) is 0 Å². The Kier molecular flexibility index (Phi) is 4.03. The number of amides is 1. The number of pyridine rings is 1. The van der Waals surface area contributed by atoms with Gasteiger partial charge in [0.1, 0.15) is 4.60 Å². The fourth-order valence-corrected chi connectivity index (χ4v) is 1.43. The molecule has 0 unspecified atom stereocenters. The molecule has 0 spiro atoms. The third-order valence-corrected chi connectivity index (χ3v) is 2.30. The lowest BCUT2D eigenvalue weighted by atomic mass is 10.2. The van der Waals surface area contributed by atoms with E-state index in [1.165, 1.54) is 0 Å². The lowest BCUT2D eigenvalue weighted by molar-refractivity contribution is 0.0806. The highest BCUT2D eigenvalue weighted by Crippen LogP contribution is 2.08. The number of hydrogen-bond acceptors (Lipinski definition) is 2. The first-order valence-corrected chi connectivity index (χ1v) is 5.31. The Bertz CT molecular complexity index is 373. The molecule has 4 heteroatoms. The topological polar surface area (TPSA) is 33.2 Å². The van der Waals surface area contributed by atoms with Crippen LogP contribution in [0, 0.1) is 0 Å². The second-order valence-corrected chi connectivity index (χ2v) is 4.30. The van der Waals surface area contributed by atoms with Crippen molar-refractivity contribution in [3.8, 4) is 0 Å². The Morgan fingerprint density at radius 1 is 1.60 bits per heavy atom. The summed E-state index contributed by atoms with van der Waals surface area (Å²) in [5, 5.41) is 0. The summed E-state index contributed by atoms with van der Waals surface area (Å²) >= 11 is 3.22. The van der Waals surface area contributed by atoms with Crippen molar-refractivity contribution in [3.63, 3.8) is 0 Å². The number of likely N-dealkylation sites (N-methyl/N-ethyl adjacent to an activating group) is 1. The quantitative estimate of drug-likeness (QED) is 0.624. The number of nitrogens with zero attached hydrogens (tertiary/aromatic N) is 2. The molecule has 0 N–H and O–H groups in total. The number of aromatic nitrogens is 1. The summed E-state index contributed by atoms with van der Waals surface area (Å²) in [6, 6.07) is 3.50. The van der Waals surface area contributed by atoms with Gasteiger partial charge in [-0.1, -0.05) is 12.2 Å². The maximum Gasteiger partial charge on any atom is 0.255 e. The number of carbonyl (C=O) groups is 1. The van der Waals surface area contributed by atoms with Crippen molar-refractivity contribution in [3.05, 3.63) is 40.6 Å². The third-order valence-electron chi connectivity index (χ3n) is 1.83. The summed E-state index contributed by atoms with van der Waals surface area (Å²) in [6.45, 7) is 6.23. The molecule has 80 valence electrons. The molecule has 15 heavy (non-hydrogen) atoms. The number of hydrogen-bond donors (Lipinski definition) is 0. The Hall–Kier alpha value is -1.16. The van der Waals surface area contributed by atoms with E-state index < -0.39 is 0 Å². The molecular weight excluding hydrogens is 256 g/mol. The first kappa shape index (κ1) is 11.9. The summed E-state index contributed by atoms with van der Waals surface area (Å²) in [7, 11) is 1.75. The molecule has 0 radical (unpaired) electrons. The second kappa shape index (κ2) is 5.07. The lowest BCUT2D eigenvalue weighted by Gasteiger charge is -2.16. The van der Waals surface area contributed by atoms with Crippen LogP contribution in [0.5, 0.6) is 0 Å². The van der Waals surface area contributed by atoms with Gasteiger partial charge in [-0.15, -0.1) is 0 Å². The van der Waals surface area contributed by atoms with Crippen molar-refractivity contribution >= 4 is 21.8 Å². The molecule has 1 aromatic heterocycles. The molecule has 1 aromatic rings. The highest BCUT2D eigenvalue weighted by molar-refractivity contribution is 9.10. The molecular formula is C11H13BrN2O. The predicted molar refractivity (Wildman–Crippen MR) is 63.7 cm³/mol. The zero-order chi connectivity index (χ0) is 11.4. The minimum Gasteiger partial charge on any atom is -0.338 e. The molecule has 0 saturated heterocycles. The fraction of sp³-hybridized carbons (Fsp3) is 0.273. The van der Waals surface area contributed by atoms with Crippen molar-refractivity contribution in [1.82, 2.24) is 9.88 Å². The van der Waals surface area contributed by atoms with Crippen LogP contribution in [-0.2, 0) is 0 Å². The van der Waals surface area contributed by atoms with E-state index in [4.69, 9.17) is 0 Å². The van der Waals surface area contributed by atoms with E-state index in [-0.39, 0.29) is 5.91 Å². The second-order valence-electron chi connectivity index (χ2n) is 3.49. The monoisotopic (exact) mass is 268 g/mol. The van der Waals surface area contributed by atoms with Crippen molar-refractivity contribution in [2.45, 2.75) is 6.92 Å². The number of halogens is 1. The van der Waals surface area contributed by atoms with E-state index in [1.807, 2.05) is 6.92 Å². The summed E-state index contributed by atoms with van der Waals surface area (Å²) < 4.78 is 0.724. The standard InChI is InChI=1S/C11H13BrN2O/c1-8(2)7-14(3)11(15)9-4-5-10(12)13-6-9/h4-6H,1,7H2,2-3H3. The summed E-state index contributed by atoms with van der Waals surface area (Å²) in [5.74, 6) is -0.0435. The summed E-state index contributed by atoms with van der Waals surface area (Å²) in [4.78, 5) is 17.4. The highest BCUT2D eigenvalue weighted by Gasteiger charge is 2.11. The average molecular weight is 269 g/mol. The largest absolute Gasteiger partial charge is 0.338 e. The van der Waals surface area contributed by atoms with Crippen molar-refractivity contribution in [2.24, 2.45) is 0 Å². The van der Waals surface area contributed by atoms with Crippen LogP contribution in [0.1, 0.15) is 17.3 Å². The smallest absolute Gasteiger partial charge is 0.255 e. The molecule has 0 aliphatic carbocycles. The lowest BCUT2D eigenvalue weighted by Crippen LogP contribution is -2.28. The van der Waals surface area contributed by atoms with E-state index in [1.54, 1.807) is 30.3 Å². The number of rotatable bonds is 3. The molecule has 0 atom stereocenters. The maximum absolute atomic E-state index is 11.8. The maximum atomic E-state index is 11.8. The molecule has 0 bridgehead atoms. The zero-order valence-corrected chi connectivity index (χ0v) is 10.4. The zero-order valence-electron chi connectivity index (χ0n) is 8.83. The first-order valence-electron chi connectivity index (χ1n) is 4.52. The Labute approximate surface area is 97.9 Å². The van der Waals surface area contributed by atoms with E-state index >= 15 is 0 Å². The average Bonchev–Trinajstić information content (AvgIpc) is 2.17. The van der Waals surface area contributed by atoms with Crippen LogP contribution in [0.4, 0.5) is 0 Å². The van der Waals surface area contributed by atoms with Gasteiger partial charge < -0.3 is 4.90 Å². The highest BCUT2D eigenvalue weighted by atomic mass is 79.9. The summed E-state index contributed by atoms with van der Waals surface area (Å²) in [5.41, 5.74) is 1.54. The Balaban J connectivity index is 2.76. The molecule has 0 fully saturated rings. The van der Waals surface area contributed by atoms with Crippen LogP contribution in [0.15, 0.2) is 35.1 Å². The van der Waals surface area contributed by atoms with Gasteiger partial charge in [-0.25, -0.2) is 4.98 Å². The van der Waals surface area contributed by atoms with Gasteiger partial charge in [-0.05, 0) is 35.0 Å². The molecule has 3 nitrogen and oxygen atoms in total. The van der Waals surface area contributed by atoms with Crippen molar-refractivity contribution < 1.29 is 4.79 Å². The van der Waals surface area contributed by atoms with E-state index in [2.05, 4.69) is 27.5 Å². The minimum atomic E-state index is -0.0435. The van der Waals surface area contributed by atoms with Gasteiger partial charge in [-0.3, -0.25) is 4.79 Å². The van der Waals surface area contributed by atoms with E-state index in [9.17, 15) is 4.79 Å². The van der Waals surface area contributed by atoms with Crippen LogP contribution in [0.25, 0.3) is 0 Å². The van der Waals surface area contributed by atoms with Gasteiger partial charge in [0, 0.05) is 19.8 Å². The van der Waals surface area contributed by atoms with Crippen LogP contribution in [0.3, 0.4) is 0 Å².